The maximum absolute atomic E-state index is 14.2. The first-order valence-electron chi connectivity index (χ1n) is 13.6. The van der Waals surface area contributed by atoms with E-state index in [1.807, 2.05) is 13.8 Å². The second-order valence-electron chi connectivity index (χ2n) is 10.9. The number of aliphatic hydroxyl groups excluding tert-OH is 1. The Hall–Kier alpha value is -2.19. The van der Waals surface area contributed by atoms with Crippen molar-refractivity contribution in [2.24, 2.45) is 11.8 Å². The molecule has 0 aromatic heterocycles. The highest BCUT2D eigenvalue weighted by Gasteiger charge is 2.78. The van der Waals surface area contributed by atoms with E-state index < -0.39 is 35.1 Å². The van der Waals surface area contributed by atoms with Gasteiger partial charge in [-0.15, -0.1) is 13.2 Å². The van der Waals surface area contributed by atoms with Crippen molar-refractivity contribution in [3.8, 4) is 0 Å². The second kappa shape index (κ2) is 11.5. The number of aliphatic hydroxyl groups is 1. The molecule has 2 unspecified atom stereocenters. The van der Waals surface area contributed by atoms with Crippen LogP contribution in [-0.2, 0) is 19.1 Å². The van der Waals surface area contributed by atoms with Gasteiger partial charge < -0.3 is 24.5 Å². The highest BCUT2D eigenvalue weighted by atomic mass is 16.5. The number of unbranched alkanes of at least 4 members (excludes halogenated alkanes) is 2. The summed E-state index contributed by atoms with van der Waals surface area (Å²) in [6.45, 7) is 17.0. The van der Waals surface area contributed by atoms with Crippen LogP contribution in [0.25, 0.3) is 0 Å². The van der Waals surface area contributed by atoms with E-state index in [0.717, 1.165) is 25.7 Å². The van der Waals surface area contributed by atoms with E-state index in [1.54, 1.807) is 28.9 Å². The average Bonchev–Trinajstić information content (AvgIpc) is 3.43. The molecule has 3 amide bonds. The third-order valence-corrected chi connectivity index (χ3v) is 8.30. The van der Waals surface area contributed by atoms with Crippen LogP contribution in [0.4, 0.5) is 0 Å². The van der Waals surface area contributed by atoms with E-state index in [-0.39, 0.29) is 24.3 Å². The Balaban J connectivity index is 2.06. The lowest BCUT2D eigenvalue weighted by atomic mass is 9.66. The Morgan fingerprint density at radius 1 is 1.11 bits per heavy atom. The summed E-state index contributed by atoms with van der Waals surface area (Å²) < 4.78 is 6.70. The topological polar surface area (TPSA) is 90.4 Å². The number of nitrogens with zero attached hydrogens (tertiary/aromatic N) is 3. The summed E-state index contributed by atoms with van der Waals surface area (Å²) in [5.74, 6) is -1.99. The van der Waals surface area contributed by atoms with Gasteiger partial charge in [-0.25, -0.2) is 0 Å². The molecule has 3 aliphatic rings. The van der Waals surface area contributed by atoms with E-state index in [0.29, 0.717) is 39.0 Å². The van der Waals surface area contributed by atoms with Crippen molar-refractivity contribution in [3.05, 3.63) is 25.3 Å². The number of rotatable bonds is 14. The number of hydrogen-bond acceptors (Lipinski definition) is 5. The summed E-state index contributed by atoms with van der Waals surface area (Å²) in [6, 6.07) is -1.45. The van der Waals surface area contributed by atoms with Crippen LogP contribution in [0.2, 0.25) is 0 Å². The van der Waals surface area contributed by atoms with E-state index in [4.69, 9.17) is 4.74 Å². The van der Waals surface area contributed by atoms with Crippen LogP contribution in [0, 0.1) is 11.8 Å². The molecule has 1 N–H and O–H groups in total. The van der Waals surface area contributed by atoms with Crippen LogP contribution in [-0.4, -0.2) is 93.6 Å². The Labute approximate surface area is 216 Å². The predicted octanol–water partition coefficient (Wildman–Crippen LogP) is 2.76. The maximum atomic E-state index is 14.2. The normalized spacial score (nSPS) is 31.3. The average molecular weight is 504 g/mol. The van der Waals surface area contributed by atoms with Crippen molar-refractivity contribution in [2.75, 3.05) is 32.8 Å². The molecule has 0 saturated carbocycles. The molecule has 0 aromatic rings. The molecule has 3 fully saturated rings. The van der Waals surface area contributed by atoms with Crippen molar-refractivity contribution in [1.82, 2.24) is 14.7 Å². The van der Waals surface area contributed by atoms with Crippen LogP contribution < -0.4 is 0 Å². The molecular weight excluding hydrogens is 458 g/mol. The zero-order valence-corrected chi connectivity index (χ0v) is 22.6. The minimum Gasteiger partial charge on any atom is -0.394 e. The standard InChI is InChI=1S/C28H45N3O5/c1-7-11-12-18-30(17-10-4)26(35)23-28-14-13-27(6,36-28)21(24(33)29(15-8-2)16-9-3)22(28)25(34)31(23)20(5)19-32/h8,10,20-23,32H,2,4,7,9,11-19H2,1,3,5-6H3/t20-,21+,22+,23?,27-,28?/m1/s1. The van der Waals surface area contributed by atoms with Crippen molar-refractivity contribution in [1.29, 1.82) is 0 Å². The van der Waals surface area contributed by atoms with Gasteiger partial charge in [-0.05, 0) is 39.5 Å². The predicted molar refractivity (Wildman–Crippen MR) is 139 cm³/mol. The van der Waals surface area contributed by atoms with E-state index in [1.165, 1.54) is 4.90 Å². The highest BCUT2D eigenvalue weighted by molar-refractivity contribution is 5.99. The molecule has 8 heteroatoms. The van der Waals surface area contributed by atoms with Crippen LogP contribution >= 0.6 is 0 Å². The SMILES string of the molecule is C=CCN(CCCCC)C(=O)C1N([C@H](C)CO)C(=O)[C@@H]2[C@@H](C(=O)N(CC=C)CCC)[C@@]3(C)CCC12O3. The number of likely N-dealkylation sites (tertiary alicyclic amines) is 1. The minimum atomic E-state index is -1.08. The van der Waals surface area contributed by atoms with Gasteiger partial charge in [-0.1, -0.05) is 38.8 Å². The van der Waals surface area contributed by atoms with Crippen LogP contribution in [0.1, 0.15) is 66.2 Å². The molecule has 6 atom stereocenters. The zero-order valence-electron chi connectivity index (χ0n) is 22.6. The van der Waals surface area contributed by atoms with Gasteiger partial charge in [0.15, 0.2) is 0 Å². The summed E-state index contributed by atoms with van der Waals surface area (Å²) >= 11 is 0. The Bertz CT molecular complexity index is 862. The molecule has 202 valence electrons. The van der Waals surface area contributed by atoms with Gasteiger partial charge in [0.2, 0.25) is 17.7 Å². The smallest absolute Gasteiger partial charge is 0.248 e. The largest absolute Gasteiger partial charge is 0.394 e. The van der Waals surface area contributed by atoms with Gasteiger partial charge >= 0.3 is 0 Å². The fraction of sp³-hybridized carbons (Fsp3) is 0.750. The highest BCUT2D eigenvalue weighted by Crippen LogP contribution is 2.63. The molecule has 36 heavy (non-hydrogen) atoms. The zero-order chi connectivity index (χ0) is 26.7. The molecule has 3 rings (SSSR count). The Kier molecular flexibility index (Phi) is 9.04. The molecule has 0 radical (unpaired) electrons. The number of ether oxygens (including phenoxy) is 1. The number of carbonyl (C=O) groups excluding carboxylic acids is 3. The summed E-state index contributed by atoms with van der Waals surface area (Å²) in [5, 5.41) is 10.1. The van der Waals surface area contributed by atoms with E-state index in [2.05, 4.69) is 20.1 Å². The number of carbonyl (C=O) groups is 3. The van der Waals surface area contributed by atoms with Crippen molar-refractivity contribution in [2.45, 2.75) is 89.5 Å². The third kappa shape index (κ3) is 4.62. The molecule has 8 nitrogen and oxygen atoms in total. The van der Waals surface area contributed by atoms with Crippen molar-refractivity contribution < 1.29 is 24.2 Å². The number of fused-ring (bicyclic) bond motifs is 1. The van der Waals surface area contributed by atoms with Crippen LogP contribution in [0.3, 0.4) is 0 Å². The number of amides is 3. The fourth-order valence-electron chi connectivity index (χ4n) is 6.67. The molecule has 3 saturated heterocycles. The van der Waals surface area contributed by atoms with Gasteiger partial charge in [0, 0.05) is 26.2 Å². The summed E-state index contributed by atoms with van der Waals surface area (Å²) in [6.07, 6.45) is 8.20. The Morgan fingerprint density at radius 3 is 2.31 bits per heavy atom. The molecule has 0 aromatic carbocycles. The first-order valence-corrected chi connectivity index (χ1v) is 13.6. The van der Waals surface area contributed by atoms with Gasteiger partial charge in [-0.3, -0.25) is 14.4 Å². The minimum absolute atomic E-state index is 0.116. The first-order chi connectivity index (χ1) is 17.2. The molecule has 3 heterocycles. The summed E-state index contributed by atoms with van der Waals surface area (Å²) in [7, 11) is 0. The number of hydrogen-bond donors (Lipinski definition) is 1. The second-order valence-corrected chi connectivity index (χ2v) is 10.9. The lowest BCUT2D eigenvalue weighted by Crippen LogP contribution is -2.58. The van der Waals surface area contributed by atoms with Gasteiger partial charge in [0.1, 0.15) is 11.6 Å². The van der Waals surface area contributed by atoms with E-state index >= 15 is 0 Å². The maximum Gasteiger partial charge on any atom is 0.248 e. The van der Waals surface area contributed by atoms with Crippen LogP contribution in [0.5, 0.6) is 0 Å². The summed E-state index contributed by atoms with van der Waals surface area (Å²) in [4.78, 5) is 47.2. The van der Waals surface area contributed by atoms with Crippen molar-refractivity contribution in [3.63, 3.8) is 0 Å². The quantitative estimate of drug-likeness (QED) is 0.291. The molecule has 0 aliphatic carbocycles. The molecule has 2 bridgehead atoms. The molecular formula is C28H45N3O5. The molecule has 3 aliphatic heterocycles. The summed E-state index contributed by atoms with van der Waals surface area (Å²) in [5.41, 5.74) is -1.90. The Morgan fingerprint density at radius 2 is 1.75 bits per heavy atom. The van der Waals surface area contributed by atoms with E-state index in [9.17, 15) is 19.5 Å². The third-order valence-electron chi connectivity index (χ3n) is 8.30. The first kappa shape index (κ1) is 28.4. The lowest BCUT2D eigenvalue weighted by molar-refractivity contribution is -0.156. The van der Waals surface area contributed by atoms with Gasteiger partial charge in [-0.2, -0.15) is 0 Å². The fourth-order valence-corrected chi connectivity index (χ4v) is 6.67. The van der Waals surface area contributed by atoms with Crippen LogP contribution in [0.15, 0.2) is 25.3 Å². The van der Waals surface area contributed by atoms with Crippen molar-refractivity contribution >= 4 is 17.7 Å². The van der Waals surface area contributed by atoms with Gasteiger partial charge in [0.05, 0.1) is 30.1 Å². The molecule has 1 spiro atoms. The monoisotopic (exact) mass is 503 g/mol. The lowest BCUT2D eigenvalue weighted by Gasteiger charge is -2.38. The van der Waals surface area contributed by atoms with Gasteiger partial charge in [0.25, 0.3) is 0 Å².